The second-order valence-corrected chi connectivity index (χ2v) is 8.58. The van der Waals surface area contributed by atoms with Crippen LogP contribution in [0.4, 0.5) is 17.6 Å². The van der Waals surface area contributed by atoms with Crippen molar-refractivity contribution in [1.82, 2.24) is 9.88 Å². The summed E-state index contributed by atoms with van der Waals surface area (Å²) in [6.45, 7) is 3.52. The minimum absolute atomic E-state index is 0.131. The number of aromatic nitrogens is 1. The molecule has 1 amide bonds. The first-order valence-electron chi connectivity index (χ1n) is 11.1. The van der Waals surface area contributed by atoms with E-state index in [9.17, 15) is 32.3 Å². The normalized spacial score (nSPS) is 17.5. The zero-order valence-corrected chi connectivity index (χ0v) is 19.5. The van der Waals surface area contributed by atoms with E-state index in [1.54, 1.807) is 37.0 Å². The van der Waals surface area contributed by atoms with Gasteiger partial charge in [-0.25, -0.2) is 13.8 Å². The fraction of sp³-hybridized carbons (Fsp3) is 0.440. The van der Waals surface area contributed by atoms with E-state index in [-0.39, 0.29) is 30.7 Å². The molecule has 2 atom stereocenters. The molecule has 2 unspecified atom stereocenters. The molecule has 1 N–H and O–H groups in total. The Morgan fingerprint density at radius 3 is 2.69 bits per heavy atom. The molecule has 35 heavy (non-hydrogen) atoms. The SMILES string of the molecule is Cc1cc(C(C)N2CC3=C(C=C=CC=C3C(=O)C(C)CCO)C2=O)cnc1OCC(F)(F)C(F)F. The van der Waals surface area contributed by atoms with E-state index in [4.69, 9.17) is 4.74 Å². The quantitative estimate of drug-likeness (QED) is 0.391. The van der Waals surface area contributed by atoms with Crippen LogP contribution in [0.2, 0.25) is 0 Å². The number of aryl methyl sites for hydroxylation is 1. The topological polar surface area (TPSA) is 79.7 Å². The number of hydrogen-bond donors (Lipinski definition) is 1. The van der Waals surface area contributed by atoms with Crippen molar-refractivity contribution >= 4 is 11.7 Å². The van der Waals surface area contributed by atoms with Gasteiger partial charge in [-0.1, -0.05) is 6.92 Å². The maximum absolute atomic E-state index is 13.2. The molecule has 188 valence electrons. The number of pyridine rings is 1. The Morgan fingerprint density at radius 1 is 1.34 bits per heavy atom. The molecule has 1 aromatic heterocycles. The minimum atomic E-state index is -4.30. The van der Waals surface area contributed by atoms with Gasteiger partial charge >= 0.3 is 12.3 Å². The lowest BCUT2D eigenvalue weighted by Crippen LogP contribution is -2.34. The molecular weight excluding hydrogens is 468 g/mol. The van der Waals surface area contributed by atoms with Gasteiger partial charge in [0.1, 0.15) is 0 Å². The van der Waals surface area contributed by atoms with Crippen LogP contribution in [0.3, 0.4) is 0 Å². The zero-order chi connectivity index (χ0) is 25.9. The molecule has 0 radical (unpaired) electrons. The van der Waals surface area contributed by atoms with Gasteiger partial charge in [0.15, 0.2) is 12.4 Å². The summed E-state index contributed by atoms with van der Waals surface area (Å²) in [6, 6.07) is 1.09. The van der Waals surface area contributed by atoms with Gasteiger partial charge in [0.25, 0.3) is 5.91 Å². The molecule has 0 aromatic carbocycles. The average molecular weight is 494 g/mol. The maximum atomic E-state index is 13.2. The largest absolute Gasteiger partial charge is 0.471 e. The molecule has 1 aromatic rings. The van der Waals surface area contributed by atoms with Gasteiger partial charge < -0.3 is 14.7 Å². The first-order valence-corrected chi connectivity index (χ1v) is 11.1. The Labute approximate surface area is 200 Å². The summed E-state index contributed by atoms with van der Waals surface area (Å²) in [4.78, 5) is 31.7. The Kier molecular flexibility index (Phi) is 7.97. The maximum Gasteiger partial charge on any atom is 0.340 e. The van der Waals surface area contributed by atoms with Gasteiger partial charge in [-0.05, 0) is 55.7 Å². The lowest BCUT2D eigenvalue weighted by atomic mass is 9.90. The van der Waals surface area contributed by atoms with Crippen LogP contribution < -0.4 is 4.74 Å². The lowest BCUT2D eigenvalue weighted by Gasteiger charge is -2.26. The van der Waals surface area contributed by atoms with Crippen LogP contribution in [-0.2, 0) is 9.59 Å². The number of rotatable bonds is 10. The Balaban J connectivity index is 1.79. The van der Waals surface area contributed by atoms with Crippen LogP contribution in [0.25, 0.3) is 0 Å². The second kappa shape index (κ2) is 10.6. The van der Waals surface area contributed by atoms with E-state index in [1.807, 2.05) is 0 Å². The summed E-state index contributed by atoms with van der Waals surface area (Å²) in [7, 11) is 0. The van der Waals surface area contributed by atoms with Crippen LogP contribution in [0.1, 0.15) is 37.4 Å². The highest BCUT2D eigenvalue weighted by Gasteiger charge is 2.42. The summed E-state index contributed by atoms with van der Waals surface area (Å²) >= 11 is 0. The van der Waals surface area contributed by atoms with Gasteiger partial charge in [-0.2, -0.15) is 8.78 Å². The van der Waals surface area contributed by atoms with Crippen molar-refractivity contribution in [2.75, 3.05) is 19.8 Å². The monoisotopic (exact) mass is 494 g/mol. The summed E-state index contributed by atoms with van der Waals surface area (Å²) in [5.74, 6) is -5.42. The van der Waals surface area contributed by atoms with Crippen molar-refractivity contribution in [3.8, 4) is 5.88 Å². The third-order valence-electron chi connectivity index (χ3n) is 6.04. The van der Waals surface area contributed by atoms with Crippen LogP contribution in [-0.4, -0.2) is 58.8 Å². The van der Waals surface area contributed by atoms with Crippen LogP contribution in [0.5, 0.6) is 5.88 Å². The molecule has 0 saturated heterocycles. The number of carbonyl (C=O) groups excluding carboxylic acids is 2. The minimum Gasteiger partial charge on any atom is -0.471 e. The number of hydrogen-bond acceptors (Lipinski definition) is 5. The molecule has 0 bridgehead atoms. The fourth-order valence-corrected chi connectivity index (χ4v) is 3.86. The average Bonchev–Trinajstić information content (AvgIpc) is 2.99. The first kappa shape index (κ1) is 26.4. The number of alkyl halides is 4. The number of carbonyl (C=O) groups is 2. The highest BCUT2D eigenvalue weighted by Crippen LogP contribution is 2.35. The van der Waals surface area contributed by atoms with Crippen molar-refractivity contribution in [3.05, 3.63) is 64.1 Å². The number of amides is 1. The number of ketones is 1. The van der Waals surface area contributed by atoms with Crippen molar-refractivity contribution in [3.63, 3.8) is 0 Å². The Morgan fingerprint density at radius 2 is 2.06 bits per heavy atom. The molecule has 0 fully saturated rings. The van der Waals surface area contributed by atoms with E-state index in [0.717, 1.165) is 0 Å². The molecule has 2 heterocycles. The number of Topliss-reactive ketones (excluding diaryl/α,β-unsaturated/α-hetero) is 1. The fourth-order valence-electron chi connectivity index (χ4n) is 3.86. The summed E-state index contributed by atoms with van der Waals surface area (Å²) in [5.41, 5.74) is 5.10. The molecule has 3 rings (SSSR count). The predicted molar refractivity (Wildman–Crippen MR) is 119 cm³/mol. The number of halogens is 4. The standard InChI is InChI=1S/C25H26F4N2O4/c1-14(8-9-32)21(33)18-6-4-5-7-19-20(18)12-31(23(19)34)16(3)17-10-15(2)22(30-11-17)35-13-25(28,29)24(26)27/h4,6-7,10-11,14,16,24,32H,8-9,12-13H2,1-3H3. The van der Waals surface area contributed by atoms with E-state index in [1.165, 1.54) is 19.2 Å². The van der Waals surface area contributed by atoms with Crippen LogP contribution >= 0.6 is 0 Å². The molecule has 6 nitrogen and oxygen atoms in total. The van der Waals surface area contributed by atoms with Gasteiger partial charge in [0.05, 0.1) is 11.6 Å². The summed E-state index contributed by atoms with van der Waals surface area (Å²) < 4.78 is 55.9. The number of ether oxygens (including phenoxy) is 1. The van der Waals surface area contributed by atoms with Gasteiger partial charge in [0.2, 0.25) is 5.88 Å². The molecule has 1 aliphatic carbocycles. The van der Waals surface area contributed by atoms with E-state index in [2.05, 4.69) is 10.7 Å². The number of nitrogens with zero attached hydrogens (tertiary/aromatic N) is 2. The number of allylic oxidation sites excluding steroid dienone is 1. The van der Waals surface area contributed by atoms with Crippen molar-refractivity contribution in [2.45, 2.75) is 45.6 Å². The van der Waals surface area contributed by atoms with Gasteiger partial charge in [-0.3, -0.25) is 9.59 Å². The number of aliphatic hydroxyl groups is 1. The molecule has 0 spiro atoms. The van der Waals surface area contributed by atoms with Crippen molar-refractivity contribution in [2.24, 2.45) is 5.92 Å². The lowest BCUT2D eigenvalue weighted by molar-refractivity contribution is -0.148. The first-order chi connectivity index (χ1) is 16.5. The Bertz CT molecular complexity index is 1140. The zero-order valence-electron chi connectivity index (χ0n) is 19.5. The van der Waals surface area contributed by atoms with Gasteiger partial charge in [-0.15, -0.1) is 5.73 Å². The molecule has 10 heteroatoms. The van der Waals surface area contributed by atoms with Crippen LogP contribution in [0, 0.1) is 12.8 Å². The predicted octanol–water partition coefficient (Wildman–Crippen LogP) is 4.11. The smallest absolute Gasteiger partial charge is 0.340 e. The summed E-state index contributed by atoms with van der Waals surface area (Å²) in [6.07, 6.45) is 2.50. The van der Waals surface area contributed by atoms with Crippen LogP contribution in [0.15, 0.2) is 52.9 Å². The van der Waals surface area contributed by atoms with Crippen molar-refractivity contribution < 1.29 is 37.0 Å². The number of aliphatic hydroxyl groups excluding tert-OH is 1. The third kappa shape index (κ3) is 5.55. The Hall–Kier alpha value is -3.23. The van der Waals surface area contributed by atoms with E-state index in [0.29, 0.717) is 34.3 Å². The molecule has 0 saturated carbocycles. The highest BCUT2D eigenvalue weighted by atomic mass is 19.3. The highest BCUT2D eigenvalue weighted by molar-refractivity contribution is 6.08. The summed E-state index contributed by atoms with van der Waals surface area (Å²) in [5, 5.41) is 9.19. The molecule has 1 aliphatic heterocycles. The third-order valence-corrected chi connectivity index (χ3v) is 6.04. The van der Waals surface area contributed by atoms with Crippen molar-refractivity contribution in [1.29, 1.82) is 0 Å². The molecule has 2 aliphatic rings. The van der Waals surface area contributed by atoms with E-state index >= 15 is 0 Å². The van der Waals surface area contributed by atoms with E-state index < -0.39 is 30.9 Å². The second-order valence-electron chi connectivity index (χ2n) is 8.58. The van der Waals surface area contributed by atoms with Gasteiger partial charge in [0, 0.05) is 36.4 Å². The molecular formula is C25H26F4N2O4.